The number of carbonyl (C=O) groups excluding carboxylic acids is 1. The van der Waals surface area contributed by atoms with Crippen LogP contribution in [0.5, 0.6) is 0 Å². The van der Waals surface area contributed by atoms with Crippen LogP contribution in [0.2, 0.25) is 0 Å². The largest absolute Gasteiger partial charge is 0.397 e. The predicted octanol–water partition coefficient (Wildman–Crippen LogP) is 3.49. The lowest BCUT2D eigenvalue weighted by atomic mass is 9.95. The molecule has 4 N–H and O–H groups in total. The number of fused-ring (bicyclic) bond motifs is 2. The highest BCUT2D eigenvalue weighted by Gasteiger charge is 2.21. The van der Waals surface area contributed by atoms with Crippen molar-refractivity contribution in [2.24, 2.45) is 0 Å². The van der Waals surface area contributed by atoms with Crippen molar-refractivity contribution in [3.63, 3.8) is 0 Å². The van der Waals surface area contributed by atoms with E-state index in [1.54, 1.807) is 12.1 Å². The van der Waals surface area contributed by atoms with Gasteiger partial charge in [-0.05, 0) is 49.4 Å². The third-order valence-electron chi connectivity index (χ3n) is 5.19. The summed E-state index contributed by atoms with van der Waals surface area (Å²) >= 11 is 1.28. The number of aromatic nitrogens is 3. The summed E-state index contributed by atoms with van der Waals surface area (Å²) in [5, 5.41) is 6.49. The van der Waals surface area contributed by atoms with E-state index in [-0.39, 0.29) is 11.5 Å². The Labute approximate surface area is 170 Å². The molecule has 0 unspecified atom stereocenters. The topological polar surface area (TPSA) is 106 Å². The van der Waals surface area contributed by atoms with Gasteiger partial charge >= 0.3 is 0 Å². The first kappa shape index (κ1) is 17.7. The van der Waals surface area contributed by atoms with Gasteiger partial charge in [0.1, 0.15) is 15.5 Å². The number of nitrogens with zero attached hydrogens (tertiary/aromatic N) is 2. The number of para-hydroxylation sites is 1. The molecule has 5 rings (SSSR count). The molecule has 1 aliphatic rings. The zero-order chi connectivity index (χ0) is 20.0. The first-order valence-corrected chi connectivity index (χ1v) is 10.3. The third-order valence-corrected chi connectivity index (χ3v) is 6.30. The molecule has 7 nitrogen and oxygen atoms in total. The number of aromatic amines is 1. The number of nitrogens with one attached hydrogen (secondary N) is 2. The van der Waals surface area contributed by atoms with Crippen LogP contribution < -0.4 is 16.6 Å². The molecule has 3 heterocycles. The van der Waals surface area contributed by atoms with Gasteiger partial charge in [-0.15, -0.1) is 11.3 Å². The van der Waals surface area contributed by atoms with Crippen molar-refractivity contribution in [3.05, 3.63) is 69.0 Å². The fraction of sp³-hybridized carbons (Fsp3) is 0.190. The molecule has 0 saturated heterocycles. The van der Waals surface area contributed by atoms with E-state index in [0.717, 1.165) is 41.6 Å². The lowest BCUT2D eigenvalue weighted by molar-refractivity contribution is 0.103. The second-order valence-corrected chi connectivity index (χ2v) is 8.13. The van der Waals surface area contributed by atoms with E-state index in [4.69, 9.17) is 10.7 Å². The average Bonchev–Trinajstić information content (AvgIpc) is 3.26. The van der Waals surface area contributed by atoms with Gasteiger partial charge in [0.15, 0.2) is 0 Å². The van der Waals surface area contributed by atoms with Crippen molar-refractivity contribution >= 4 is 39.0 Å². The number of hydrogen-bond acceptors (Lipinski definition) is 5. The van der Waals surface area contributed by atoms with Gasteiger partial charge in [-0.25, -0.2) is 9.67 Å². The van der Waals surface area contributed by atoms with Crippen LogP contribution in [0.15, 0.2) is 47.3 Å². The Hall–Kier alpha value is -3.39. The van der Waals surface area contributed by atoms with Crippen molar-refractivity contribution in [3.8, 4) is 5.69 Å². The maximum atomic E-state index is 12.8. The number of thiophene rings is 1. The standard InChI is InChI=1S/C21H19N5O2S/c22-18-14-10-12-6-4-5-9-15(12)23-21(14)29-19(18)20(28)24-16-11-17(27)26(25-16)13-7-2-1-3-8-13/h1-3,7-8,10-11,25H,4-6,9,22H2,(H,24,28). The van der Waals surface area contributed by atoms with E-state index in [1.165, 1.54) is 27.6 Å². The second-order valence-electron chi connectivity index (χ2n) is 7.13. The van der Waals surface area contributed by atoms with E-state index in [2.05, 4.69) is 16.5 Å². The molecule has 0 radical (unpaired) electrons. The lowest BCUT2D eigenvalue weighted by Crippen LogP contribution is -2.13. The zero-order valence-electron chi connectivity index (χ0n) is 15.6. The van der Waals surface area contributed by atoms with Crippen LogP contribution in [-0.4, -0.2) is 20.7 Å². The first-order valence-electron chi connectivity index (χ1n) is 9.50. The van der Waals surface area contributed by atoms with Gasteiger partial charge in [0.05, 0.1) is 11.4 Å². The molecule has 0 spiro atoms. The van der Waals surface area contributed by atoms with Gasteiger partial charge in [0.2, 0.25) is 0 Å². The van der Waals surface area contributed by atoms with Crippen molar-refractivity contribution in [2.75, 3.05) is 11.1 Å². The Bertz CT molecular complexity index is 1290. The highest BCUT2D eigenvalue weighted by Crippen LogP contribution is 2.35. The molecule has 0 aliphatic heterocycles. The molecule has 1 aliphatic carbocycles. The number of nitrogen functional groups attached to an aromatic ring is 1. The first-order chi connectivity index (χ1) is 14.1. The molecule has 0 bridgehead atoms. The van der Waals surface area contributed by atoms with E-state index in [0.29, 0.717) is 22.1 Å². The average molecular weight is 405 g/mol. The molecule has 146 valence electrons. The van der Waals surface area contributed by atoms with Crippen LogP contribution in [0.1, 0.15) is 33.8 Å². The molecular weight excluding hydrogens is 386 g/mol. The predicted molar refractivity (Wildman–Crippen MR) is 115 cm³/mol. The van der Waals surface area contributed by atoms with Crippen LogP contribution in [0, 0.1) is 0 Å². The maximum absolute atomic E-state index is 12.8. The molecule has 0 atom stereocenters. The quantitative estimate of drug-likeness (QED) is 0.485. The maximum Gasteiger partial charge on any atom is 0.273 e. The monoisotopic (exact) mass is 405 g/mol. The molecule has 29 heavy (non-hydrogen) atoms. The Morgan fingerprint density at radius 3 is 2.79 bits per heavy atom. The number of benzene rings is 1. The Morgan fingerprint density at radius 2 is 1.97 bits per heavy atom. The molecule has 1 aromatic carbocycles. The summed E-state index contributed by atoms with van der Waals surface area (Å²) in [6.07, 6.45) is 4.27. The Morgan fingerprint density at radius 1 is 1.17 bits per heavy atom. The van der Waals surface area contributed by atoms with Gasteiger partial charge in [-0.3, -0.25) is 14.7 Å². The number of H-pyrrole nitrogens is 1. The molecule has 8 heteroatoms. The molecular formula is C21H19N5O2S. The number of amides is 1. The summed E-state index contributed by atoms with van der Waals surface area (Å²) in [5.41, 5.74) is 9.49. The van der Waals surface area contributed by atoms with Crippen LogP contribution in [-0.2, 0) is 12.8 Å². The number of rotatable bonds is 3. The minimum atomic E-state index is -0.357. The van der Waals surface area contributed by atoms with E-state index in [1.807, 2.05) is 18.2 Å². The summed E-state index contributed by atoms with van der Waals surface area (Å²) < 4.78 is 1.37. The Kier molecular flexibility index (Phi) is 4.21. The van der Waals surface area contributed by atoms with Gasteiger partial charge in [0.25, 0.3) is 11.5 Å². The summed E-state index contributed by atoms with van der Waals surface area (Å²) in [7, 11) is 0. The lowest BCUT2D eigenvalue weighted by Gasteiger charge is -2.14. The van der Waals surface area contributed by atoms with Gasteiger partial charge in [-0.1, -0.05) is 18.2 Å². The van der Waals surface area contributed by atoms with E-state index < -0.39 is 0 Å². The van der Waals surface area contributed by atoms with Crippen LogP contribution in [0.4, 0.5) is 11.5 Å². The summed E-state index contributed by atoms with van der Waals surface area (Å²) in [6, 6.07) is 12.6. The molecule has 0 fully saturated rings. The fourth-order valence-electron chi connectivity index (χ4n) is 3.74. The Balaban J connectivity index is 1.46. The van der Waals surface area contributed by atoms with E-state index in [9.17, 15) is 9.59 Å². The molecule has 3 aromatic heterocycles. The van der Waals surface area contributed by atoms with Gasteiger partial charge in [0, 0.05) is 17.1 Å². The van der Waals surface area contributed by atoms with Gasteiger partial charge < -0.3 is 11.1 Å². The summed E-state index contributed by atoms with van der Waals surface area (Å²) in [6.45, 7) is 0. The van der Waals surface area contributed by atoms with E-state index >= 15 is 0 Å². The van der Waals surface area contributed by atoms with Crippen molar-refractivity contribution in [1.82, 2.24) is 14.8 Å². The van der Waals surface area contributed by atoms with Crippen LogP contribution in [0.25, 0.3) is 15.9 Å². The smallest absolute Gasteiger partial charge is 0.273 e. The van der Waals surface area contributed by atoms with Crippen LogP contribution in [0.3, 0.4) is 0 Å². The second kappa shape index (κ2) is 6.89. The number of nitrogens with two attached hydrogens (primary N) is 1. The van der Waals surface area contributed by atoms with Gasteiger partial charge in [-0.2, -0.15) is 0 Å². The fourth-order valence-corrected chi connectivity index (χ4v) is 4.73. The number of hydrogen-bond donors (Lipinski definition) is 3. The summed E-state index contributed by atoms with van der Waals surface area (Å²) in [4.78, 5) is 31.0. The van der Waals surface area contributed by atoms with Crippen molar-refractivity contribution in [2.45, 2.75) is 25.7 Å². The highest BCUT2D eigenvalue weighted by molar-refractivity contribution is 7.21. The number of pyridine rings is 1. The highest BCUT2D eigenvalue weighted by atomic mass is 32.1. The summed E-state index contributed by atoms with van der Waals surface area (Å²) in [5.74, 6) is -0.0436. The zero-order valence-corrected chi connectivity index (χ0v) is 16.4. The van der Waals surface area contributed by atoms with Crippen molar-refractivity contribution in [1.29, 1.82) is 0 Å². The molecule has 0 saturated carbocycles. The van der Waals surface area contributed by atoms with Crippen molar-refractivity contribution < 1.29 is 4.79 Å². The minimum Gasteiger partial charge on any atom is -0.397 e. The SMILES string of the molecule is Nc1c(C(=O)Nc2cc(=O)n(-c3ccccc3)[nH]2)sc2nc3c(cc12)CCCC3. The number of aryl methyl sites for hydroxylation is 2. The minimum absolute atomic E-state index is 0.259. The van der Waals surface area contributed by atoms with Crippen LogP contribution >= 0.6 is 11.3 Å². The number of anilines is 2. The molecule has 4 aromatic rings. The third kappa shape index (κ3) is 3.11. The number of carbonyl (C=O) groups is 1. The molecule has 1 amide bonds. The normalized spacial score (nSPS) is 13.4.